The number of piperidine rings is 1. The van der Waals surface area contributed by atoms with Gasteiger partial charge in [0.05, 0.1) is 19.2 Å². The largest absolute Gasteiger partial charge is 0.496 e. The van der Waals surface area contributed by atoms with E-state index in [1.54, 1.807) is 19.2 Å². The Balaban J connectivity index is 1.88. The Labute approximate surface area is 125 Å². The predicted octanol–water partition coefficient (Wildman–Crippen LogP) is 1.47. The lowest BCUT2D eigenvalue weighted by Crippen LogP contribution is -2.38. The molecule has 1 heterocycles. The summed E-state index contributed by atoms with van der Waals surface area (Å²) in [4.78, 5) is 25.4. The van der Waals surface area contributed by atoms with Crippen LogP contribution in [0.1, 0.15) is 29.6 Å². The first kappa shape index (κ1) is 15.5. The van der Waals surface area contributed by atoms with E-state index < -0.39 is 0 Å². The number of Topliss-reactive ketones (excluding diaryl/α,β-unsaturated/α-hetero) is 1. The van der Waals surface area contributed by atoms with Crippen molar-refractivity contribution >= 4 is 11.7 Å². The minimum absolute atomic E-state index is 0.0702. The third-order valence-electron chi connectivity index (χ3n) is 3.97. The van der Waals surface area contributed by atoms with Crippen molar-refractivity contribution in [1.29, 1.82) is 0 Å². The molecule has 2 rings (SSSR count). The second-order valence-corrected chi connectivity index (χ2v) is 5.51. The van der Waals surface area contributed by atoms with Crippen LogP contribution < -0.4 is 10.5 Å². The number of carbonyl (C=O) groups is 2. The Morgan fingerprint density at radius 3 is 2.57 bits per heavy atom. The molecule has 0 unspecified atom stereocenters. The zero-order valence-corrected chi connectivity index (χ0v) is 12.4. The van der Waals surface area contributed by atoms with E-state index in [0.29, 0.717) is 30.2 Å². The van der Waals surface area contributed by atoms with Crippen LogP contribution in [0.25, 0.3) is 0 Å². The molecule has 0 atom stereocenters. The van der Waals surface area contributed by atoms with Gasteiger partial charge in [0.25, 0.3) is 0 Å². The predicted molar refractivity (Wildman–Crippen MR) is 80.3 cm³/mol. The first-order chi connectivity index (χ1) is 10.1. The monoisotopic (exact) mass is 290 g/mol. The SMILES string of the molecule is COc1ccccc1C(=O)CN1CCC(CC(N)=O)CC1. The lowest BCUT2D eigenvalue weighted by atomic mass is 9.93. The van der Waals surface area contributed by atoms with Crippen molar-refractivity contribution in [2.75, 3.05) is 26.7 Å². The maximum absolute atomic E-state index is 12.4. The molecule has 0 aromatic heterocycles. The molecule has 2 N–H and O–H groups in total. The van der Waals surface area contributed by atoms with Gasteiger partial charge in [-0.15, -0.1) is 0 Å². The molecule has 0 aliphatic carbocycles. The molecule has 1 saturated heterocycles. The summed E-state index contributed by atoms with van der Waals surface area (Å²) < 4.78 is 5.23. The highest BCUT2D eigenvalue weighted by Gasteiger charge is 2.23. The van der Waals surface area contributed by atoms with Gasteiger partial charge in [-0.05, 0) is 44.0 Å². The molecule has 1 aromatic carbocycles. The second kappa shape index (κ2) is 7.22. The molecule has 5 heteroatoms. The van der Waals surface area contributed by atoms with Gasteiger partial charge in [-0.25, -0.2) is 0 Å². The molecule has 1 aromatic rings. The number of primary amides is 1. The van der Waals surface area contributed by atoms with E-state index in [1.165, 1.54) is 0 Å². The average molecular weight is 290 g/mol. The molecular weight excluding hydrogens is 268 g/mol. The molecule has 1 aliphatic rings. The molecule has 1 aliphatic heterocycles. The summed E-state index contributed by atoms with van der Waals surface area (Å²) >= 11 is 0. The van der Waals surface area contributed by atoms with Gasteiger partial charge in [-0.2, -0.15) is 0 Å². The zero-order chi connectivity index (χ0) is 15.2. The van der Waals surface area contributed by atoms with E-state index >= 15 is 0 Å². The third-order valence-corrected chi connectivity index (χ3v) is 3.97. The quantitative estimate of drug-likeness (QED) is 0.805. The lowest BCUT2D eigenvalue weighted by molar-refractivity contribution is -0.119. The highest BCUT2D eigenvalue weighted by atomic mass is 16.5. The maximum Gasteiger partial charge on any atom is 0.217 e. The number of nitrogens with zero attached hydrogens (tertiary/aromatic N) is 1. The number of benzene rings is 1. The van der Waals surface area contributed by atoms with Crippen LogP contribution in [-0.2, 0) is 4.79 Å². The fraction of sp³-hybridized carbons (Fsp3) is 0.500. The average Bonchev–Trinajstić information content (AvgIpc) is 2.48. The van der Waals surface area contributed by atoms with E-state index in [1.807, 2.05) is 12.1 Å². The van der Waals surface area contributed by atoms with Crippen molar-refractivity contribution < 1.29 is 14.3 Å². The highest BCUT2D eigenvalue weighted by Crippen LogP contribution is 2.22. The molecule has 0 radical (unpaired) electrons. The molecule has 114 valence electrons. The van der Waals surface area contributed by atoms with Crippen LogP contribution in [0.3, 0.4) is 0 Å². The molecule has 1 fully saturated rings. The molecule has 0 bridgehead atoms. The van der Waals surface area contributed by atoms with Gasteiger partial charge < -0.3 is 10.5 Å². The summed E-state index contributed by atoms with van der Waals surface area (Å²) in [6.07, 6.45) is 2.29. The van der Waals surface area contributed by atoms with Crippen molar-refractivity contribution in [1.82, 2.24) is 4.90 Å². The summed E-state index contributed by atoms with van der Waals surface area (Å²) in [7, 11) is 1.57. The number of likely N-dealkylation sites (tertiary alicyclic amines) is 1. The van der Waals surface area contributed by atoms with Gasteiger partial charge in [0.2, 0.25) is 5.91 Å². The standard InChI is InChI=1S/C16H22N2O3/c1-21-15-5-3-2-4-13(15)14(19)11-18-8-6-12(7-9-18)10-16(17)20/h2-5,12H,6-11H2,1H3,(H2,17,20). The lowest BCUT2D eigenvalue weighted by Gasteiger charge is -2.30. The normalized spacial score (nSPS) is 16.6. The van der Waals surface area contributed by atoms with Gasteiger partial charge in [-0.3, -0.25) is 14.5 Å². The van der Waals surface area contributed by atoms with E-state index in [-0.39, 0.29) is 11.7 Å². The third kappa shape index (κ3) is 4.29. The van der Waals surface area contributed by atoms with Crippen LogP contribution in [0.4, 0.5) is 0 Å². The topological polar surface area (TPSA) is 72.6 Å². The first-order valence-electron chi connectivity index (χ1n) is 7.27. The number of ether oxygens (including phenoxy) is 1. The number of para-hydroxylation sites is 1. The summed E-state index contributed by atoms with van der Waals surface area (Å²) in [5, 5.41) is 0. The molecule has 21 heavy (non-hydrogen) atoms. The fourth-order valence-corrected chi connectivity index (χ4v) is 2.80. The summed E-state index contributed by atoms with van der Waals surface area (Å²) in [5.74, 6) is 0.811. The van der Waals surface area contributed by atoms with Crippen LogP contribution in [0, 0.1) is 5.92 Å². The fourth-order valence-electron chi connectivity index (χ4n) is 2.80. The van der Waals surface area contributed by atoms with Crippen LogP contribution in [0.15, 0.2) is 24.3 Å². The minimum Gasteiger partial charge on any atom is -0.496 e. The number of methoxy groups -OCH3 is 1. The maximum atomic E-state index is 12.4. The first-order valence-corrected chi connectivity index (χ1v) is 7.27. The van der Waals surface area contributed by atoms with Crippen molar-refractivity contribution in [3.8, 4) is 5.75 Å². The summed E-state index contributed by atoms with van der Waals surface area (Å²) in [5.41, 5.74) is 5.85. The van der Waals surface area contributed by atoms with Gasteiger partial charge >= 0.3 is 0 Å². The van der Waals surface area contributed by atoms with Gasteiger partial charge in [0, 0.05) is 6.42 Å². The van der Waals surface area contributed by atoms with Crippen LogP contribution in [0.5, 0.6) is 5.75 Å². The number of hydrogen-bond donors (Lipinski definition) is 1. The Bertz CT molecular complexity index is 508. The van der Waals surface area contributed by atoms with Gasteiger partial charge in [0.15, 0.2) is 5.78 Å². The zero-order valence-electron chi connectivity index (χ0n) is 12.4. The Hall–Kier alpha value is -1.88. The van der Waals surface area contributed by atoms with Crippen LogP contribution in [0.2, 0.25) is 0 Å². The molecule has 1 amide bonds. The Morgan fingerprint density at radius 1 is 1.29 bits per heavy atom. The molecule has 5 nitrogen and oxygen atoms in total. The van der Waals surface area contributed by atoms with Crippen LogP contribution in [-0.4, -0.2) is 43.3 Å². The molecular formula is C16H22N2O3. The van der Waals surface area contributed by atoms with E-state index in [4.69, 9.17) is 10.5 Å². The van der Waals surface area contributed by atoms with Gasteiger partial charge in [-0.1, -0.05) is 12.1 Å². The highest BCUT2D eigenvalue weighted by molar-refractivity contribution is 6.00. The Kier molecular flexibility index (Phi) is 5.33. The smallest absolute Gasteiger partial charge is 0.217 e. The summed E-state index contributed by atoms with van der Waals surface area (Å²) in [6.45, 7) is 2.06. The summed E-state index contributed by atoms with van der Waals surface area (Å²) in [6, 6.07) is 7.28. The van der Waals surface area contributed by atoms with E-state index in [0.717, 1.165) is 25.9 Å². The van der Waals surface area contributed by atoms with E-state index in [9.17, 15) is 9.59 Å². The van der Waals surface area contributed by atoms with Crippen LogP contribution >= 0.6 is 0 Å². The van der Waals surface area contributed by atoms with E-state index in [2.05, 4.69) is 4.90 Å². The minimum atomic E-state index is -0.237. The van der Waals surface area contributed by atoms with Crippen molar-refractivity contribution in [3.05, 3.63) is 29.8 Å². The number of hydrogen-bond acceptors (Lipinski definition) is 4. The number of rotatable bonds is 6. The molecule has 0 spiro atoms. The van der Waals surface area contributed by atoms with Crippen molar-refractivity contribution in [3.63, 3.8) is 0 Å². The van der Waals surface area contributed by atoms with Crippen molar-refractivity contribution in [2.24, 2.45) is 11.7 Å². The molecule has 0 saturated carbocycles. The number of amides is 1. The number of carbonyl (C=O) groups excluding carboxylic acids is 2. The second-order valence-electron chi connectivity index (χ2n) is 5.51. The number of ketones is 1. The Morgan fingerprint density at radius 2 is 1.95 bits per heavy atom. The number of nitrogens with two attached hydrogens (primary N) is 1. The van der Waals surface area contributed by atoms with Crippen molar-refractivity contribution in [2.45, 2.75) is 19.3 Å². The van der Waals surface area contributed by atoms with Gasteiger partial charge in [0.1, 0.15) is 5.75 Å².